The van der Waals surface area contributed by atoms with Crippen LogP contribution in [0.25, 0.3) is 17.1 Å². The van der Waals surface area contributed by atoms with E-state index in [4.69, 9.17) is 10.9 Å². The summed E-state index contributed by atoms with van der Waals surface area (Å²) in [6.45, 7) is 0. The lowest BCUT2D eigenvalue weighted by Gasteiger charge is -2.16. The number of aromatic nitrogens is 2. The van der Waals surface area contributed by atoms with Crippen LogP contribution in [0.5, 0.6) is 0 Å². The second-order valence-corrected chi connectivity index (χ2v) is 8.47. The minimum atomic E-state index is -3.88. The van der Waals surface area contributed by atoms with Gasteiger partial charge in [0.15, 0.2) is 0 Å². The van der Waals surface area contributed by atoms with Gasteiger partial charge in [-0.3, -0.25) is 14.4 Å². The molecule has 1 heterocycles. The van der Waals surface area contributed by atoms with E-state index in [1.807, 2.05) is 0 Å². The molecule has 3 rings (SSSR count). The zero-order valence-electron chi connectivity index (χ0n) is 16.0. The second kappa shape index (κ2) is 8.38. The van der Waals surface area contributed by atoms with Crippen molar-refractivity contribution in [2.24, 2.45) is 15.9 Å². The first kappa shape index (κ1) is 21.7. The molecule has 2 aromatic carbocycles. The van der Waals surface area contributed by atoms with Crippen molar-refractivity contribution in [2.45, 2.75) is 9.92 Å². The van der Waals surface area contributed by atoms with Gasteiger partial charge >= 0.3 is 0 Å². The first-order chi connectivity index (χ1) is 14.2. The topological polar surface area (TPSA) is 133 Å². The molecular formula is C19H18FN5O3S2. The summed E-state index contributed by atoms with van der Waals surface area (Å²) in [6, 6.07) is 10.9. The maximum Gasteiger partial charge on any atom is 0.270 e. The number of aliphatic imine (C=N–C) groups is 1. The molecule has 0 unspecified atom stereocenters. The zero-order valence-corrected chi connectivity index (χ0v) is 17.7. The Hall–Kier alpha value is -3.02. The van der Waals surface area contributed by atoms with Gasteiger partial charge in [0, 0.05) is 12.6 Å². The average molecular weight is 448 g/mol. The summed E-state index contributed by atoms with van der Waals surface area (Å²) < 4.78 is 37.8. The van der Waals surface area contributed by atoms with Crippen LogP contribution in [0.1, 0.15) is 5.56 Å². The van der Waals surface area contributed by atoms with Gasteiger partial charge in [0.1, 0.15) is 28.1 Å². The molecule has 1 aromatic heterocycles. The van der Waals surface area contributed by atoms with Crippen LogP contribution in [0.15, 0.2) is 68.2 Å². The smallest absolute Gasteiger partial charge is 0.270 e. The Morgan fingerprint density at radius 2 is 1.73 bits per heavy atom. The Morgan fingerprint density at radius 3 is 2.23 bits per heavy atom. The van der Waals surface area contributed by atoms with E-state index in [2.05, 4.69) is 9.98 Å². The summed E-state index contributed by atoms with van der Waals surface area (Å²) in [5.41, 5.74) is 6.39. The number of benzene rings is 2. The predicted molar refractivity (Wildman–Crippen MR) is 115 cm³/mol. The monoisotopic (exact) mass is 447 g/mol. The lowest BCUT2D eigenvalue weighted by Crippen LogP contribution is -2.32. The van der Waals surface area contributed by atoms with Gasteiger partial charge < -0.3 is 5.73 Å². The van der Waals surface area contributed by atoms with Crippen LogP contribution in [0.2, 0.25) is 0 Å². The van der Waals surface area contributed by atoms with Crippen molar-refractivity contribution in [3.8, 4) is 17.1 Å². The van der Waals surface area contributed by atoms with E-state index in [9.17, 15) is 17.6 Å². The SMILES string of the molecule is CN=C(N)c1c(SC)nc(-c2ccc(S(N)(=O)=O)cc2)n(-c2ccc(F)cc2)c1=O. The summed E-state index contributed by atoms with van der Waals surface area (Å²) in [6.07, 6.45) is 1.74. The number of halogens is 1. The summed E-state index contributed by atoms with van der Waals surface area (Å²) in [5, 5.41) is 5.51. The summed E-state index contributed by atoms with van der Waals surface area (Å²) >= 11 is 1.21. The third-order valence-electron chi connectivity index (χ3n) is 4.27. The van der Waals surface area contributed by atoms with Gasteiger partial charge in [-0.1, -0.05) is 0 Å². The lowest BCUT2D eigenvalue weighted by atomic mass is 10.1. The van der Waals surface area contributed by atoms with Crippen molar-refractivity contribution in [1.29, 1.82) is 0 Å². The Labute approximate surface area is 176 Å². The molecule has 0 aliphatic heterocycles. The highest BCUT2D eigenvalue weighted by Gasteiger charge is 2.21. The van der Waals surface area contributed by atoms with Crippen LogP contribution in [-0.2, 0) is 10.0 Å². The third-order valence-corrected chi connectivity index (χ3v) is 5.88. The molecule has 0 saturated heterocycles. The summed E-state index contributed by atoms with van der Waals surface area (Å²) in [4.78, 5) is 21.8. The van der Waals surface area contributed by atoms with Crippen molar-refractivity contribution in [3.63, 3.8) is 0 Å². The highest BCUT2D eigenvalue weighted by atomic mass is 32.2. The Morgan fingerprint density at radius 1 is 1.13 bits per heavy atom. The molecule has 11 heteroatoms. The van der Waals surface area contributed by atoms with Crippen molar-refractivity contribution in [1.82, 2.24) is 9.55 Å². The molecule has 0 fully saturated rings. The molecule has 0 amide bonds. The Bertz CT molecular complexity index is 1290. The van der Waals surface area contributed by atoms with E-state index in [1.165, 1.54) is 71.9 Å². The molecule has 0 atom stereocenters. The van der Waals surface area contributed by atoms with Gasteiger partial charge in [-0.15, -0.1) is 11.8 Å². The minimum Gasteiger partial charge on any atom is -0.383 e. The van der Waals surface area contributed by atoms with Gasteiger partial charge in [0.2, 0.25) is 10.0 Å². The van der Waals surface area contributed by atoms with E-state index >= 15 is 0 Å². The highest BCUT2D eigenvalue weighted by Crippen LogP contribution is 2.25. The molecule has 0 bridgehead atoms. The van der Waals surface area contributed by atoms with Crippen LogP contribution in [-0.4, -0.2) is 37.1 Å². The molecule has 0 aliphatic rings. The number of nitrogens with two attached hydrogens (primary N) is 2. The molecule has 0 aliphatic carbocycles. The highest BCUT2D eigenvalue weighted by molar-refractivity contribution is 7.98. The van der Waals surface area contributed by atoms with Crippen molar-refractivity contribution in [3.05, 3.63) is 70.3 Å². The molecule has 156 valence electrons. The number of sulfonamides is 1. The molecule has 0 saturated carbocycles. The Kier molecular flexibility index (Phi) is 6.06. The average Bonchev–Trinajstić information content (AvgIpc) is 2.72. The minimum absolute atomic E-state index is 0.0174. The lowest BCUT2D eigenvalue weighted by molar-refractivity contribution is 0.598. The van der Waals surface area contributed by atoms with Crippen molar-refractivity contribution in [2.75, 3.05) is 13.3 Å². The maximum absolute atomic E-state index is 13.4. The Balaban J connectivity index is 2.37. The third kappa shape index (κ3) is 4.13. The standard InChI is InChI=1S/C19H18FN5O3S2/c1-23-16(21)15-18(29-2)24-17(11-3-9-14(10-4-11)30(22,27)28)25(19(15)26)13-7-5-12(20)6-8-13/h3-10H,1-2H3,(H2,21,23)(H2,22,27,28). The predicted octanol–water partition coefficient (Wildman–Crippen LogP) is 1.74. The first-order valence-corrected chi connectivity index (χ1v) is 11.3. The maximum atomic E-state index is 13.4. The van der Waals surface area contributed by atoms with E-state index in [0.29, 0.717) is 16.3 Å². The summed E-state index contributed by atoms with van der Waals surface area (Å²) in [7, 11) is -2.42. The van der Waals surface area contributed by atoms with Gasteiger partial charge in [0.05, 0.1) is 10.6 Å². The molecule has 8 nitrogen and oxygen atoms in total. The number of nitrogens with zero attached hydrogens (tertiary/aromatic N) is 3. The molecule has 4 N–H and O–H groups in total. The van der Waals surface area contributed by atoms with Crippen LogP contribution in [0.4, 0.5) is 4.39 Å². The zero-order chi connectivity index (χ0) is 22.1. The first-order valence-electron chi connectivity index (χ1n) is 8.50. The number of hydrogen-bond donors (Lipinski definition) is 2. The molecular weight excluding hydrogens is 429 g/mol. The molecule has 0 spiro atoms. The van der Waals surface area contributed by atoms with Crippen LogP contribution >= 0.6 is 11.8 Å². The fourth-order valence-electron chi connectivity index (χ4n) is 2.80. The summed E-state index contributed by atoms with van der Waals surface area (Å²) in [5.74, 6) is -0.220. The number of rotatable bonds is 5. The number of primary sulfonamides is 1. The number of thioether (sulfide) groups is 1. The van der Waals surface area contributed by atoms with Crippen molar-refractivity contribution >= 4 is 27.6 Å². The van der Waals surface area contributed by atoms with Crippen LogP contribution < -0.4 is 16.4 Å². The quantitative estimate of drug-likeness (QED) is 0.265. The molecule has 0 radical (unpaired) electrons. The number of hydrogen-bond acceptors (Lipinski definition) is 6. The van der Waals surface area contributed by atoms with E-state index in [-0.39, 0.29) is 22.1 Å². The van der Waals surface area contributed by atoms with Crippen molar-refractivity contribution < 1.29 is 12.8 Å². The fraction of sp³-hybridized carbons (Fsp3) is 0.105. The largest absolute Gasteiger partial charge is 0.383 e. The van der Waals surface area contributed by atoms with Gasteiger partial charge in [0.25, 0.3) is 5.56 Å². The molecule has 3 aromatic rings. The van der Waals surface area contributed by atoms with Gasteiger partial charge in [-0.25, -0.2) is 22.9 Å². The number of amidine groups is 1. The van der Waals surface area contributed by atoms with Gasteiger partial charge in [-0.2, -0.15) is 0 Å². The second-order valence-electron chi connectivity index (χ2n) is 6.11. The van der Waals surface area contributed by atoms with Gasteiger partial charge in [-0.05, 0) is 54.8 Å². The van der Waals surface area contributed by atoms with E-state index in [0.717, 1.165) is 0 Å². The normalized spacial score (nSPS) is 12.2. The van der Waals surface area contributed by atoms with E-state index in [1.54, 1.807) is 6.26 Å². The van der Waals surface area contributed by atoms with E-state index < -0.39 is 21.4 Å². The van der Waals surface area contributed by atoms with Crippen LogP contribution in [0, 0.1) is 5.82 Å². The molecule has 30 heavy (non-hydrogen) atoms. The fourth-order valence-corrected chi connectivity index (χ4v) is 3.89. The van der Waals surface area contributed by atoms with Crippen LogP contribution in [0.3, 0.4) is 0 Å².